The summed E-state index contributed by atoms with van der Waals surface area (Å²) in [5, 5.41) is 10.4. The fourth-order valence-electron chi connectivity index (χ4n) is 3.66. The minimum absolute atomic E-state index is 0.189. The third kappa shape index (κ3) is 4.71. The highest BCUT2D eigenvalue weighted by Gasteiger charge is 2.42. The third-order valence-corrected chi connectivity index (χ3v) is 5.19. The fraction of sp³-hybridized carbons (Fsp3) is 0.545. The highest BCUT2D eigenvalue weighted by molar-refractivity contribution is 6.08. The molecule has 27 heavy (non-hydrogen) atoms. The van der Waals surface area contributed by atoms with E-state index in [0.29, 0.717) is 19.1 Å². The number of carbonyl (C=O) groups is 2. The predicted octanol–water partition coefficient (Wildman–Crippen LogP) is 4.59. The standard InChI is InChI=1S/C22H31NO4/c1-5-8-9-16(6-2)14-23-20(19(15(4)24)21(25)22(23)26)17-10-12-18(13-11-17)27-7-3/h10-13,16,20,25H,5-9,14H2,1-4H3/t16-,20-/m1/s1. The van der Waals surface area contributed by atoms with Crippen LogP contribution in [0.3, 0.4) is 0 Å². The molecule has 1 aromatic carbocycles. The van der Waals surface area contributed by atoms with Crippen LogP contribution < -0.4 is 4.74 Å². The summed E-state index contributed by atoms with van der Waals surface area (Å²) in [5.41, 5.74) is 1.00. The molecule has 1 aromatic rings. The van der Waals surface area contributed by atoms with Gasteiger partial charge in [0.15, 0.2) is 11.5 Å². The van der Waals surface area contributed by atoms with E-state index in [1.807, 2.05) is 31.2 Å². The monoisotopic (exact) mass is 373 g/mol. The summed E-state index contributed by atoms with van der Waals surface area (Å²) in [5.74, 6) is -0.0492. The minimum Gasteiger partial charge on any atom is -0.503 e. The van der Waals surface area contributed by atoms with Crippen molar-refractivity contribution in [2.75, 3.05) is 13.2 Å². The number of Topliss-reactive ketones (excluding diaryl/α,β-unsaturated/α-hetero) is 1. The number of carbonyl (C=O) groups excluding carboxylic acids is 2. The molecule has 0 saturated heterocycles. The zero-order valence-corrected chi connectivity index (χ0v) is 16.8. The van der Waals surface area contributed by atoms with Crippen molar-refractivity contribution in [3.8, 4) is 5.75 Å². The number of ether oxygens (including phenoxy) is 1. The van der Waals surface area contributed by atoms with Crippen LogP contribution in [-0.2, 0) is 9.59 Å². The lowest BCUT2D eigenvalue weighted by Gasteiger charge is -2.30. The maximum absolute atomic E-state index is 12.7. The van der Waals surface area contributed by atoms with Crippen LogP contribution in [0.15, 0.2) is 35.6 Å². The summed E-state index contributed by atoms with van der Waals surface area (Å²) in [6, 6.07) is 6.86. The molecule has 148 valence electrons. The average molecular weight is 373 g/mol. The third-order valence-electron chi connectivity index (χ3n) is 5.19. The van der Waals surface area contributed by atoms with Crippen LogP contribution in [-0.4, -0.2) is 34.8 Å². The molecule has 0 fully saturated rings. The number of amides is 1. The van der Waals surface area contributed by atoms with Crippen LogP contribution in [0.4, 0.5) is 0 Å². The molecular formula is C22H31NO4. The van der Waals surface area contributed by atoms with E-state index in [-0.39, 0.29) is 11.4 Å². The van der Waals surface area contributed by atoms with Crippen molar-refractivity contribution in [3.63, 3.8) is 0 Å². The summed E-state index contributed by atoms with van der Waals surface area (Å²) >= 11 is 0. The molecule has 5 heteroatoms. The quantitative estimate of drug-likeness (QED) is 0.651. The van der Waals surface area contributed by atoms with Gasteiger partial charge in [0.25, 0.3) is 5.91 Å². The summed E-state index contributed by atoms with van der Waals surface area (Å²) in [4.78, 5) is 26.6. The highest BCUT2D eigenvalue weighted by Crippen LogP contribution is 2.39. The van der Waals surface area contributed by atoms with Crippen molar-refractivity contribution in [1.82, 2.24) is 4.90 Å². The smallest absolute Gasteiger partial charge is 0.290 e. The van der Waals surface area contributed by atoms with E-state index in [4.69, 9.17) is 4.74 Å². The normalized spacial score (nSPS) is 18.1. The molecule has 0 unspecified atom stereocenters. The van der Waals surface area contributed by atoms with Gasteiger partial charge in [-0.1, -0.05) is 45.2 Å². The summed E-state index contributed by atoms with van der Waals surface area (Å²) in [7, 11) is 0. The Morgan fingerprint density at radius 3 is 2.41 bits per heavy atom. The van der Waals surface area contributed by atoms with E-state index in [9.17, 15) is 14.7 Å². The average Bonchev–Trinajstić information content (AvgIpc) is 2.90. The Morgan fingerprint density at radius 1 is 1.22 bits per heavy atom. The Balaban J connectivity index is 2.36. The second-order valence-electron chi connectivity index (χ2n) is 7.10. The van der Waals surface area contributed by atoms with Gasteiger partial charge in [-0.15, -0.1) is 0 Å². The number of nitrogens with zero attached hydrogens (tertiary/aromatic N) is 1. The molecule has 0 aromatic heterocycles. The second-order valence-corrected chi connectivity index (χ2v) is 7.10. The second kappa shape index (κ2) is 9.58. The molecule has 0 bridgehead atoms. The molecule has 0 saturated carbocycles. The molecule has 1 heterocycles. The van der Waals surface area contributed by atoms with Gasteiger partial charge in [0.1, 0.15) is 5.75 Å². The van der Waals surface area contributed by atoms with Gasteiger partial charge < -0.3 is 14.7 Å². The van der Waals surface area contributed by atoms with Gasteiger partial charge in [0, 0.05) is 6.54 Å². The Hall–Kier alpha value is -2.30. The molecular weight excluding hydrogens is 342 g/mol. The first-order valence-corrected chi connectivity index (χ1v) is 9.92. The number of hydrogen-bond acceptors (Lipinski definition) is 4. The zero-order chi connectivity index (χ0) is 20.0. The lowest BCUT2D eigenvalue weighted by Crippen LogP contribution is -2.35. The Bertz CT molecular complexity index is 693. The molecule has 1 amide bonds. The first-order valence-electron chi connectivity index (χ1n) is 9.92. The van der Waals surface area contributed by atoms with Crippen LogP contribution in [0.2, 0.25) is 0 Å². The molecule has 1 aliphatic heterocycles. The van der Waals surface area contributed by atoms with Crippen LogP contribution in [0.5, 0.6) is 5.75 Å². The zero-order valence-electron chi connectivity index (χ0n) is 16.8. The predicted molar refractivity (Wildman–Crippen MR) is 106 cm³/mol. The molecule has 2 atom stereocenters. The van der Waals surface area contributed by atoms with Gasteiger partial charge in [-0.3, -0.25) is 9.59 Å². The summed E-state index contributed by atoms with van der Waals surface area (Å²) in [6.07, 6.45) is 4.20. The molecule has 0 spiro atoms. The van der Waals surface area contributed by atoms with Crippen molar-refractivity contribution in [2.24, 2.45) is 5.92 Å². The van der Waals surface area contributed by atoms with Crippen LogP contribution >= 0.6 is 0 Å². The number of rotatable bonds is 10. The van der Waals surface area contributed by atoms with Crippen molar-refractivity contribution in [2.45, 2.75) is 59.4 Å². The van der Waals surface area contributed by atoms with E-state index in [0.717, 1.165) is 37.0 Å². The van der Waals surface area contributed by atoms with Crippen LogP contribution in [0.1, 0.15) is 65.0 Å². The molecule has 1 N–H and O–H groups in total. The molecule has 5 nitrogen and oxygen atoms in total. The van der Waals surface area contributed by atoms with Gasteiger partial charge >= 0.3 is 0 Å². The Labute approximate surface area is 162 Å². The van der Waals surface area contributed by atoms with Gasteiger partial charge in [-0.2, -0.15) is 0 Å². The van der Waals surface area contributed by atoms with Crippen molar-refractivity contribution < 1.29 is 19.4 Å². The maximum Gasteiger partial charge on any atom is 0.290 e. The van der Waals surface area contributed by atoms with E-state index in [2.05, 4.69) is 13.8 Å². The van der Waals surface area contributed by atoms with Gasteiger partial charge in [-0.25, -0.2) is 0 Å². The first kappa shape index (κ1) is 21.0. The van der Waals surface area contributed by atoms with Crippen LogP contribution in [0, 0.1) is 5.92 Å². The summed E-state index contributed by atoms with van der Waals surface area (Å²) < 4.78 is 5.48. The molecule has 1 aliphatic rings. The van der Waals surface area contributed by atoms with Crippen LogP contribution in [0.25, 0.3) is 0 Å². The van der Waals surface area contributed by atoms with Crippen molar-refractivity contribution >= 4 is 11.7 Å². The van der Waals surface area contributed by atoms with E-state index in [1.165, 1.54) is 6.92 Å². The van der Waals surface area contributed by atoms with Gasteiger partial charge in [0.05, 0.1) is 18.2 Å². The van der Waals surface area contributed by atoms with Crippen molar-refractivity contribution in [3.05, 3.63) is 41.2 Å². The number of hydrogen-bond donors (Lipinski definition) is 1. The van der Waals surface area contributed by atoms with E-state index < -0.39 is 17.7 Å². The van der Waals surface area contributed by atoms with Crippen molar-refractivity contribution in [1.29, 1.82) is 0 Å². The number of benzene rings is 1. The number of aliphatic hydroxyl groups is 1. The largest absolute Gasteiger partial charge is 0.503 e. The maximum atomic E-state index is 12.7. The van der Waals surface area contributed by atoms with E-state index in [1.54, 1.807) is 4.90 Å². The van der Waals surface area contributed by atoms with Gasteiger partial charge in [-0.05, 0) is 43.9 Å². The lowest BCUT2D eigenvalue weighted by molar-refractivity contribution is -0.130. The lowest BCUT2D eigenvalue weighted by atomic mass is 9.94. The highest BCUT2D eigenvalue weighted by atomic mass is 16.5. The SMILES string of the molecule is CCCC[C@@H](CC)CN1C(=O)C(O)=C(C(C)=O)[C@H]1c1ccc(OCC)cc1. The fourth-order valence-corrected chi connectivity index (χ4v) is 3.66. The summed E-state index contributed by atoms with van der Waals surface area (Å²) in [6.45, 7) is 8.69. The molecule has 2 rings (SSSR count). The molecule has 0 aliphatic carbocycles. The topological polar surface area (TPSA) is 66.8 Å². The van der Waals surface area contributed by atoms with E-state index >= 15 is 0 Å². The molecule has 0 radical (unpaired) electrons. The minimum atomic E-state index is -0.540. The number of ketones is 1. The number of aliphatic hydroxyl groups excluding tert-OH is 1. The Kier molecular flexibility index (Phi) is 7.45. The first-order chi connectivity index (χ1) is 12.9. The Morgan fingerprint density at radius 2 is 1.89 bits per heavy atom. The van der Waals surface area contributed by atoms with Gasteiger partial charge in [0.2, 0.25) is 0 Å². The number of unbranched alkanes of at least 4 members (excludes halogenated alkanes) is 1.